The number of carbonyl (C=O) groups excluding carboxylic acids is 1. The van der Waals surface area contributed by atoms with Gasteiger partial charge in [-0.15, -0.1) is 0 Å². The van der Waals surface area contributed by atoms with E-state index in [-0.39, 0.29) is 12.0 Å². The molecule has 1 unspecified atom stereocenters. The molecule has 1 fully saturated rings. The van der Waals surface area contributed by atoms with Gasteiger partial charge in [-0.2, -0.15) is 18.4 Å². The van der Waals surface area contributed by atoms with Crippen LogP contribution in [0.1, 0.15) is 37.7 Å². The van der Waals surface area contributed by atoms with Crippen LogP contribution in [0.3, 0.4) is 0 Å². The number of aliphatic hydroxyl groups is 2. The molecule has 1 aliphatic heterocycles. The van der Waals surface area contributed by atoms with Gasteiger partial charge in [0.1, 0.15) is 11.6 Å². The highest BCUT2D eigenvalue weighted by Crippen LogP contribution is 2.38. The SMILES string of the molecule is N#C/C(C(=O)CCC(O)CO)=C(\c1ccc2cc(N3CCCCC3)ccc2c1)C(F)(F)F. The van der Waals surface area contributed by atoms with Crippen molar-refractivity contribution in [2.75, 3.05) is 24.6 Å². The summed E-state index contributed by atoms with van der Waals surface area (Å²) in [5, 5.41) is 28.9. The van der Waals surface area contributed by atoms with E-state index in [0.29, 0.717) is 5.39 Å². The van der Waals surface area contributed by atoms with Crippen molar-refractivity contribution in [2.45, 2.75) is 44.4 Å². The Kier molecular flexibility index (Phi) is 7.54. The highest BCUT2D eigenvalue weighted by atomic mass is 19.4. The van der Waals surface area contributed by atoms with Gasteiger partial charge in [-0.25, -0.2) is 0 Å². The molecule has 0 saturated carbocycles. The maximum absolute atomic E-state index is 13.9. The first kappa shape index (κ1) is 23.8. The molecule has 1 saturated heterocycles. The number of rotatable bonds is 7. The van der Waals surface area contributed by atoms with Crippen LogP contribution in [-0.2, 0) is 4.79 Å². The van der Waals surface area contributed by atoms with E-state index in [2.05, 4.69) is 4.90 Å². The van der Waals surface area contributed by atoms with Crippen molar-refractivity contribution in [3.8, 4) is 6.07 Å². The lowest BCUT2D eigenvalue weighted by atomic mass is 9.93. The predicted molar refractivity (Wildman–Crippen MR) is 116 cm³/mol. The number of allylic oxidation sites excluding steroid dienone is 2. The first-order valence-corrected chi connectivity index (χ1v) is 10.6. The number of ketones is 1. The number of fused-ring (bicyclic) bond motifs is 1. The number of Topliss-reactive ketones (excluding diaryl/α,β-unsaturated/α-hetero) is 1. The summed E-state index contributed by atoms with van der Waals surface area (Å²) < 4.78 is 41.8. The van der Waals surface area contributed by atoms with Crippen LogP contribution in [0, 0.1) is 11.3 Å². The summed E-state index contributed by atoms with van der Waals surface area (Å²) in [6.07, 6.45) is -3.45. The summed E-state index contributed by atoms with van der Waals surface area (Å²) in [5.41, 5.74) is -1.52. The number of alkyl halides is 3. The van der Waals surface area contributed by atoms with Gasteiger partial charge < -0.3 is 15.1 Å². The number of aliphatic hydroxyl groups excluding tert-OH is 2. The average molecular weight is 446 g/mol. The lowest BCUT2D eigenvalue weighted by molar-refractivity contribution is -0.116. The van der Waals surface area contributed by atoms with Crippen LogP contribution in [0.5, 0.6) is 0 Å². The summed E-state index contributed by atoms with van der Waals surface area (Å²) in [6.45, 7) is 1.28. The molecule has 1 aliphatic rings. The first-order valence-electron chi connectivity index (χ1n) is 10.6. The van der Waals surface area contributed by atoms with Crippen LogP contribution in [0.25, 0.3) is 16.3 Å². The molecule has 0 aliphatic carbocycles. The molecule has 8 heteroatoms. The Morgan fingerprint density at radius 2 is 1.75 bits per heavy atom. The molecule has 0 bridgehead atoms. The van der Waals surface area contributed by atoms with Crippen molar-refractivity contribution in [3.63, 3.8) is 0 Å². The number of piperidine rings is 1. The fourth-order valence-electron chi connectivity index (χ4n) is 3.96. The zero-order valence-electron chi connectivity index (χ0n) is 17.5. The molecule has 2 N–H and O–H groups in total. The number of anilines is 1. The van der Waals surface area contributed by atoms with Gasteiger partial charge >= 0.3 is 6.18 Å². The predicted octanol–water partition coefficient (Wildman–Crippen LogP) is 4.37. The molecule has 0 spiro atoms. The van der Waals surface area contributed by atoms with Gasteiger partial charge in [0.2, 0.25) is 0 Å². The third kappa shape index (κ3) is 5.47. The fraction of sp³-hybridized carbons (Fsp3) is 0.417. The maximum Gasteiger partial charge on any atom is 0.418 e. The molecule has 0 amide bonds. The molecule has 0 aromatic heterocycles. The number of hydrogen-bond donors (Lipinski definition) is 2. The van der Waals surface area contributed by atoms with Crippen LogP contribution in [-0.4, -0.2) is 48.0 Å². The van der Waals surface area contributed by atoms with Gasteiger partial charge in [-0.05, 0) is 60.2 Å². The van der Waals surface area contributed by atoms with E-state index in [4.69, 9.17) is 5.11 Å². The molecule has 1 atom stereocenters. The molecule has 3 rings (SSSR count). The minimum atomic E-state index is -4.92. The third-order valence-electron chi connectivity index (χ3n) is 5.67. The second-order valence-electron chi connectivity index (χ2n) is 7.95. The second-order valence-corrected chi connectivity index (χ2v) is 7.95. The van der Waals surface area contributed by atoms with Gasteiger partial charge in [-0.3, -0.25) is 4.79 Å². The van der Waals surface area contributed by atoms with Crippen molar-refractivity contribution in [2.24, 2.45) is 0 Å². The molecular formula is C24H25F3N2O3. The van der Waals surface area contributed by atoms with Crippen molar-refractivity contribution in [3.05, 3.63) is 47.5 Å². The number of nitrogens with zero attached hydrogens (tertiary/aromatic N) is 2. The number of hydrogen-bond acceptors (Lipinski definition) is 5. The third-order valence-corrected chi connectivity index (χ3v) is 5.67. The van der Waals surface area contributed by atoms with Crippen LogP contribution < -0.4 is 4.90 Å². The van der Waals surface area contributed by atoms with Gasteiger partial charge in [0, 0.05) is 25.2 Å². The molecule has 170 valence electrons. The van der Waals surface area contributed by atoms with Gasteiger partial charge in [-0.1, -0.05) is 18.2 Å². The Morgan fingerprint density at radius 3 is 2.38 bits per heavy atom. The van der Waals surface area contributed by atoms with E-state index in [9.17, 15) is 28.3 Å². The Hall–Kier alpha value is -2.89. The van der Waals surface area contributed by atoms with Gasteiger partial charge in [0.05, 0.1) is 18.3 Å². The summed E-state index contributed by atoms with van der Waals surface area (Å²) in [7, 11) is 0. The van der Waals surface area contributed by atoms with Crippen LogP contribution in [0.4, 0.5) is 18.9 Å². The fourth-order valence-corrected chi connectivity index (χ4v) is 3.96. The molecule has 2 aromatic rings. The smallest absolute Gasteiger partial charge is 0.394 e. The Bertz CT molecular complexity index is 1050. The standard InChI is InChI=1S/C24H25F3N2O3/c25-24(26,27)23(21(14-28)22(32)9-8-20(31)15-30)18-5-4-17-13-19(7-6-16(17)12-18)29-10-2-1-3-11-29/h4-7,12-13,20,30-31H,1-3,8-11,15H2/b23-21-. The number of carbonyl (C=O) groups is 1. The zero-order chi connectivity index (χ0) is 23.3. The summed E-state index contributed by atoms with van der Waals surface area (Å²) in [4.78, 5) is 14.6. The van der Waals surface area contributed by atoms with Gasteiger partial charge in [0.25, 0.3) is 0 Å². The summed E-state index contributed by atoms with van der Waals surface area (Å²) in [6, 6.07) is 11.2. The van der Waals surface area contributed by atoms with Crippen LogP contribution >= 0.6 is 0 Å². The second kappa shape index (κ2) is 10.2. The average Bonchev–Trinajstić information content (AvgIpc) is 2.79. The van der Waals surface area contributed by atoms with E-state index < -0.39 is 42.2 Å². The largest absolute Gasteiger partial charge is 0.418 e. The van der Waals surface area contributed by atoms with Crippen molar-refractivity contribution in [1.82, 2.24) is 0 Å². The molecule has 2 aromatic carbocycles. The molecule has 32 heavy (non-hydrogen) atoms. The Balaban J connectivity index is 1.99. The highest BCUT2D eigenvalue weighted by Gasteiger charge is 2.39. The Labute approximate surface area is 184 Å². The van der Waals surface area contributed by atoms with E-state index in [0.717, 1.165) is 37.0 Å². The minimum Gasteiger partial charge on any atom is -0.394 e. The topological polar surface area (TPSA) is 84.6 Å². The van der Waals surface area contributed by atoms with Gasteiger partial charge in [0.15, 0.2) is 5.78 Å². The lowest BCUT2D eigenvalue weighted by Gasteiger charge is -2.29. The number of halogens is 3. The van der Waals surface area contributed by atoms with E-state index >= 15 is 0 Å². The molecule has 5 nitrogen and oxygen atoms in total. The summed E-state index contributed by atoms with van der Waals surface area (Å²) >= 11 is 0. The van der Waals surface area contributed by atoms with Crippen molar-refractivity contribution >= 4 is 27.8 Å². The van der Waals surface area contributed by atoms with Crippen LogP contribution in [0.2, 0.25) is 0 Å². The first-order chi connectivity index (χ1) is 15.2. The highest BCUT2D eigenvalue weighted by molar-refractivity contribution is 6.07. The molecule has 1 heterocycles. The zero-order valence-corrected chi connectivity index (χ0v) is 17.5. The summed E-state index contributed by atoms with van der Waals surface area (Å²) in [5.74, 6) is -1.02. The molecular weight excluding hydrogens is 421 g/mol. The maximum atomic E-state index is 13.9. The number of benzene rings is 2. The quantitative estimate of drug-likeness (QED) is 0.487. The number of nitriles is 1. The Morgan fingerprint density at radius 1 is 1.09 bits per heavy atom. The van der Waals surface area contributed by atoms with Crippen LogP contribution in [0.15, 0.2) is 42.0 Å². The minimum absolute atomic E-state index is 0.233. The van der Waals surface area contributed by atoms with Crippen molar-refractivity contribution in [1.29, 1.82) is 5.26 Å². The molecule has 0 radical (unpaired) electrons. The van der Waals surface area contributed by atoms with E-state index in [1.165, 1.54) is 24.6 Å². The monoisotopic (exact) mass is 446 g/mol. The lowest BCUT2D eigenvalue weighted by Crippen LogP contribution is -2.29. The van der Waals surface area contributed by atoms with E-state index in [1.54, 1.807) is 12.1 Å². The normalized spacial score (nSPS) is 16.4. The van der Waals surface area contributed by atoms with Crippen molar-refractivity contribution < 1.29 is 28.2 Å². The van der Waals surface area contributed by atoms with E-state index in [1.807, 2.05) is 12.1 Å².